The number of thiazole rings is 1. The van der Waals surface area contributed by atoms with Gasteiger partial charge < -0.3 is 46.5 Å². The molecular formula is C59H78N8O10S. The van der Waals surface area contributed by atoms with Gasteiger partial charge in [0, 0.05) is 32.2 Å². The molecule has 4 aromatic rings. The van der Waals surface area contributed by atoms with Gasteiger partial charge in [-0.05, 0) is 131 Å². The predicted octanol–water partition coefficient (Wildman–Crippen LogP) is 6.83. The number of rotatable bonds is 21. The fraction of sp³-hybridized carbons (Fsp3) is 0.525. The number of carbonyl (C=O) groups excluding carboxylic acids is 7. The molecule has 0 unspecified atom stereocenters. The van der Waals surface area contributed by atoms with Crippen molar-refractivity contribution in [3.8, 4) is 16.2 Å². The number of aryl methyl sites for hydroxylation is 4. The molecule has 0 spiro atoms. The van der Waals surface area contributed by atoms with E-state index in [4.69, 9.17) is 15.2 Å². The average Bonchev–Trinajstić information content (AvgIpc) is 4.17. The quantitative estimate of drug-likeness (QED) is 0.0472. The maximum Gasteiger partial charge on any atom is 0.408 e. The molecule has 0 radical (unpaired) electrons. The molecular weight excluding hydrogens is 1010 g/mol. The Morgan fingerprint density at radius 3 is 2.28 bits per heavy atom. The summed E-state index contributed by atoms with van der Waals surface area (Å²) in [6.07, 6.45) is 2.73. The van der Waals surface area contributed by atoms with Crippen LogP contribution in [0.3, 0.4) is 0 Å². The topological polar surface area (TPSA) is 252 Å². The number of para-hydroxylation sites is 1. The van der Waals surface area contributed by atoms with Crippen molar-refractivity contribution in [2.24, 2.45) is 11.1 Å². The largest absolute Gasteiger partial charge is 0.491 e. The number of amides is 7. The van der Waals surface area contributed by atoms with Crippen molar-refractivity contribution in [3.05, 3.63) is 99.7 Å². The number of aliphatic hydroxyl groups is 1. The monoisotopic (exact) mass is 1090 g/mol. The normalized spacial score (nSPS) is 19.2. The summed E-state index contributed by atoms with van der Waals surface area (Å²) in [5.41, 5.74) is 13.3. The number of unbranched alkanes of at least 4 members (excludes halogenated alkanes) is 2. The lowest BCUT2D eigenvalue weighted by Gasteiger charge is -2.35. The van der Waals surface area contributed by atoms with E-state index in [0.717, 1.165) is 56.8 Å². The van der Waals surface area contributed by atoms with Crippen LogP contribution in [0.5, 0.6) is 5.75 Å². The Hall–Kier alpha value is -6.86. The molecule has 0 bridgehead atoms. The lowest BCUT2D eigenvalue weighted by molar-refractivity contribution is -0.144. The van der Waals surface area contributed by atoms with Crippen LogP contribution >= 0.6 is 11.3 Å². The highest BCUT2D eigenvalue weighted by molar-refractivity contribution is 7.13. The van der Waals surface area contributed by atoms with Gasteiger partial charge in [0.2, 0.25) is 35.4 Å². The van der Waals surface area contributed by atoms with Crippen molar-refractivity contribution in [1.29, 1.82) is 0 Å². The summed E-state index contributed by atoms with van der Waals surface area (Å²) < 4.78 is 11.7. The smallest absolute Gasteiger partial charge is 0.408 e. The van der Waals surface area contributed by atoms with Crippen LogP contribution in [-0.2, 0) is 52.8 Å². The summed E-state index contributed by atoms with van der Waals surface area (Å²) in [4.78, 5) is 103. The number of carbonyl (C=O) groups is 7. The first-order chi connectivity index (χ1) is 36.9. The van der Waals surface area contributed by atoms with E-state index in [-0.39, 0.29) is 63.1 Å². The van der Waals surface area contributed by atoms with Crippen LogP contribution in [0, 0.1) is 19.3 Å². The van der Waals surface area contributed by atoms with Gasteiger partial charge in [-0.3, -0.25) is 33.7 Å². The van der Waals surface area contributed by atoms with E-state index in [2.05, 4.69) is 26.3 Å². The third-order valence-electron chi connectivity index (χ3n) is 14.7. The Morgan fingerprint density at radius 2 is 1.60 bits per heavy atom. The van der Waals surface area contributed by atoms with E-state index in [9.17, 15) is 38.7 Å². The molecule has 0 saturated carbocycles. The van der Waals surface area contributed by atoms with Gasteiger partial charge in [0.1, 0.15) is 42.1 Å². The van der Waals surface area contributed by atoms with Gasteiger partial charge in [0.25, 0.3) is 0 Å². The van der Waals surface area contributed by atoms with Crippen molar-refractivity contribution in [3.63, 3.8) is 0 Å². The number of likely N-dealkylation sites (tertiary alicyclic amines) is 1. The lowest BCUT2D eigenvalue weighted by Crippen LogP contribution is -2.57. The molecule has 1 fully saturated rings. The first kappa shape index (κ1) is 58.8. The Labute approximate surface area is 462 Å². The SMILES string of the molecule is Cc1ccc(OC[C@H](CCC(N)=O)NC(=O)[C@@H]2Cc3cccc4c3N2C(=O)[C@@H](NC(=O)OC(C)(C)C)CC4)cc1CCCCCC(=O)N[C@H](C(=O)N1C[C@H](O)C[C@H]1C(=O)N[C@@H](C)c1ccc(-c2scnc2C)cc1)C(C)(C)C. The van der Waals surface area contributed by atoms with Crippen molar-refractivity contribution in [2.75, 3.05) is 18.1 Å². The van der Waals surface area contributed by atoms with Gasteiger partial charge in [0.15, 0.2) is 0 Å². The van der Waals surface area contributed by atoms with Crippen LogP contribution in [0.25, 0.3) is 10.4 Å². The number of ether oxygens (including phenoxy) is 2. The predicted molar refractivity (Wildman–Crippen MR) is 298 cm³/mol. The highest BCUT2D eigenvalue weighted by atomic mass is 32.1. The van der Waals surface area contributed by atoms with Gasteiger partial charge in [-0.2, -0.15) is 0 Å². The number of hydrogen-bond donors (Lipinski definition) is 6. The molecule has 420 valence electrons. The number of nitrogens with one attached hydrogen (secondary N) is 4. The number of β-amino-alcohol motifs (C(OH)–C–C–N with tert-alkyl or cyclic N) is 1. The molecule has 78 heavy (non-hydrogen) atoms. The lowest BCUT2D eigenvalue weighted by atomic mass is 9.85. The second-order valence-corrected chi connectivity index (χ2v) is 24.0. The van der Waals surface area contributed by atoms with Crippen LogP contribution in [0.1, 0.15) is 139 Å². The second-order valence-electron chi connectivity index (χ2n) is 23.1. The number of benzene rings is 3. The number of anilines is 1. The molecule has 7 atom stereocenters. The molecule has 0 aliphatic carbocycles. The fourth-order valence-corrected chi connectivity index (χ4v) is 11.3. The maximum atomic E-state index is 14.3. The van der Waals surface area contributed by atoms with E-state index >= 15 is 0 Å². The van der Waals surface area contributed by atoms with Crippen molar-refractivity contribution in [1.82, 2.24) is 31.2 Å². The molecule has 3 aromatic carbocycles. The van der Waals surface area contributed by atoms with Gasteiger partial charge >= 0.3 is 6.09 Å². The number of primary amides is 1. The van der Waals surface area contributed by atoms with Gasteiger partial charge in [0.05, 0.1) is 40.0 Å². The number of alkyl carbamates (subject to hydrolysis) is 1. The Kier molecular flexibility index (Phi) is 19.1. The minimum atomic E-state index is -0.936. The van der Waals surface area contributed by atoms with Crippen LogP contribution < -0.4 is 36.6 Å². The summed E-state index contributed by atoms with van der Waals surface area (Å²) in [6.45, 7) is 16.7. The minimum absolute atomic E-state index is 0.00836. The number of aromatic nitrogens is 1. The van der Waals surface area contributed by atoms with Crippen LogP contribution in [-0.4, -0.2) is 112 Å². The third-order valence-corrected chi connectivity index (χ3v) is 15.6. The van der Waals surface area contributed by atoms with E-state index in [1.54, 1.807) is 32.1 Å². The van der Waals surface area contributed by atoms with Crippen LogP contribution in [0.15, 0.2) is 66.2 Å². The van der Waals surface area contributed by atoms with E-state index < -0.39 is 77.1 Å². The highest BCUT2D eigenvalue weighted by Crippen LogP contribution is 2.39. The van der Waals surface area contributed by atoms with Crippen molar-refractivity contribution >= 4 is 58.6 Å². The zero-order valence-corrected chi connectivity index (χ0v) is 47.3. The summed E-state index contributed by atoms with van der Waals surface area (Å²) in [6, 6.07) is 14.7. The number of aliphatic hydroxyl groups excluding tert-OH is 1. The molecule has 7 N–H and O–H groups in total. The van der Waals surface area contributed by atoms with Gasteiger partial charge in [-0.25, -0.2) is 9.78 Å². The third kappa shape index (κ3) is 15.0. The molecule has 3 aliphatic heterocycles. The zero-order chi connectivity index (χ0) is 56.6. The Bertz CT molecular complexity index is 2840. The van der Waals surface area contributed by atoms with E-state index in [1.807, 2.05) is 108 Å². The first-order valence-electron chi connectivity index (χ1n) is 27.2. The number of nitrogens with two attached hydrogens (primary N) is 1. The summed E-state index contributed by atoms with van der Waals surface area (Å²) in [5.74, 6) is -1.87. The minimum Gasteiger partial charge on any atom is -0.491 e. The Balaban J connectivity index is 0.900. The Morgan fingerprint density at radius 1 is 0.885 bits per heavy atom. The average molecular weight is 1090 g/mol. The highest BCUT2D eigenvalue weighted by Gasteiger charge is 2.46. The van der Waals surface area contributed by atoms with Crippen LogP contribution in [0.4, 0.5) is 10.5 Å². The molecule has 7 rings (SSSR count). The van der Waals surface area contributed by atoms with Gasteiger partial charge in [-0.15, -0.1) is 11.3 Å². The summed E-state index contributed by atoms with van der Waals surface area (Å²) in [5, 5.41) is 22.5. The van der Waals surface area contributed by atoms with Gasteiger partial charge in [-0.1, -0.05) is 75.7 Å². The molecule has 1 aromatic heterocycles. The maximum absolute atomic E-state index is 14.3. The number of hydrogen-bond acceptors (Lipinski definition) is 12. The zero-order valence-electron chi connectivity index (χ0n) is 46.5. The molecule has 4 heterocycles. The van der Waals surface area contributed by atoms with Crippen LogP contribution in [0.2, 0.25) is 0 Å². The first-order valence-corrected chi connectivity index (χ1v) is 28.1. The molecule has 18 nitrogen and oxygen atoms in total. The van der Waals surface area contributed by atoms with Crippen molar-refractivity contribution in [2.45, 2.75) is 181 Å². The standard InChI is InChI=1S/C59H78N8O10S/c1-34-18-25-44(76-32-42(24-27-48(60)69)63-54(72)47-29-41-16-13-15-38-23-26-45(55(73)67(47)50(38)41)64-57(75)77-59(7,8)9)28-40(34)14-11-10-12-17-49(70)65-52(58(4,5)6)56(74)66-31-43(68)30-46(66)53(71)62-35(2)37-19-21-39(22-20-37)51-36(3)61-33-78-51/h13,15-16,18-22,25,28,33,35,42-43,45-47,52,68H,10-12,14,17,23-24,26-27,29-32H2,1-9H3,(H2,60,69)(H,62,71)(H,63,72)(H,64,75)(H,65,70)/t35-,42-,43+,45-,46-,47-,52+/m0/s1. The second kappa shape index (κ2) is 25.3. The summed E-state index contributed by atoms with van der Waals surface area (Å²) >= 11 is 1.57. The molecule has 3 aliphatic rings. The van der Waals surface area contributed by atoms with E-state index in [0.29, 0.717) is 37.1 Å². The number of nitrogens with zero attached hydrogens (tertiary/aromatic N) is 3. The van der Waals surface area contributed by atoms with Crippen molar-refractivity contribution < 1.29 is 48.1 Å². The van der Waals surface area contributed by atoms with E-state index in [1.165, 1.54) is 9.80 Å². The molecule has 19 heteroatoms. The fourth-order valence-electron chi connectivity index (χ4n) is 10.5. The molecule has 1 saturated heterocycles. The molecule has 7 amide bonds. The summed E-state index contributed by atoms with van der Waals surface area (Å²) in [7, 11) is 0.